The zero-order valence-electron chi connectivity index (χ0n) is 14.9. The molecule has 1 atom stereocenters. The van der Waals surface area contributed by atoms with Crippen LogP contribution in [0.2, 0.25) is 0 Å². The second-order valence-corrected chi connectivity index (χ2v) is 6.71. The second kappa shape index (κ2) is 6.80. The van der Waals surface area contributed by atoms with Crippen LogP contribution in [-0.4, -0.2) is 40.6 Å². The van der Waals surface area contributed by atoms with Gasteiger partial charge in [-0.2, -0.15) is 0 Å². The van der Waals surface area contributed by atoms with E-state index in [2.05, 4.69) is 9.88 Å². The Hall–Kier alpha value is -2.86. The molecule has 2 aromatic heterocycles. The van der Waals surface area contributed by atoms with Crippen LogP contribution in [0.15, 0.2) is 53.5 Å². The molecule has 1 aromatic carbocycles. The lowest BCUT2D eigenvalue weighted by molar-refractivity contribution is 0.0635. The number of benzene rings is 1. The fourth-order valence-electron chi connectivity index (χ4n) is 3.18. The smallest absolute Gasteiger partial charge is 0.258 e. The van der Waals surface area contributed by atoms with Crippen molar-refractivity contribution in [2.24, 2.45) is 0 Å². The van der Waals surface area contributed by atoms with Crippen molar-refractivity contribution in [3.05, 3.63) is 70.3 Å². The molecule has 0 N–H and O–H groups in total. The zero-order valence-corrected chi connectivity index (χ0v) is 14.9. The highest BCUT2D eigenvalue weighted by atomic mass is 16.6. The summed E-state index contributed by atoms with van der Waals surface area (Å²) in [6.07, 6.45) is 1.75. The molecule has 134 valence electrons. The second-order valence-electron chi connectivity index (χ2n) is 6.71. The largest absolute Gasteiger partial charge is 0.486 e. The summed E-state index contributed by atoms with van der Waals surface area (Å²) in [7, 11) is 1.99. The lowest BCUT2D eigenvalue weighted by Crippen LogP contribution is -2.39. The van der Waals surface area contributed by atoms with Gasteiger partial charge < -0.3 is 9.47 Å². The molecule has 6 heteroatoms. The molecule has 0 saturated carbocycles. The van der Waals surface area contributed by atoms with Gasteiger partial charge in [0.25, 0.3) is 5.56 Å². The van der Waals surface area contributed by atoms with Gasteiger partial charge in [0.2, 0.25) is 0 Å². The number of para-hydroxylation sites is 2. The van der Waals surface area contributed by atoms with E-state index >= 15 is 0 Å². The van der Waals surface area contributed by atoms with E-state index in [1.165, 1.54) is 0 Å². The first-order valence-corrected chi connectivity index (χ1v) is 8.64. The standard InChI is InChI=1S/C20H21N3O3/c1-14-7-8-19-21-15(9-20(24)23(19)10-14)11-22(2)12-16-13-25-17-5-3-4-6-18(17)26-16/h3-10,16H,11-13H2,1-2H3. The van der Waals surface area contributed by atoms with E-state index in [-0.39, 0.29) is 11.7 Å². The number of rotatable bonds is 4. The molecule has 3 heterocycles. The maximum Gasteiger partial charge on any atom is 0.258 e. The summed E-state index contributed by atoms with van der Waals surface area (Å²) in [5.41, 5.74) is 2.38. The third-order valence-corrected chi connectivity index (χ3v) is 4.38. The number of aromatic nitrogens is 2. The van der Waals surface area contributed by atoms with E-state index < -0.39 is 0 Å². The van der Waals surface area contributed by atoms with E-state index in [4.69, 9.17) is 9.47 Å². The molecule has 6 nitrogen and oxygen atoms in total. The fraction of sp³-hybridized carbons (Fsp3) is 0.300. The molecule has 0 aliphatic carbocycles. The van der Waals surface area contributed by atoms with Crippen molar-refractivity contribution < 1.29 is 9.47 Å². The first kappa shape index (κ1) is 16.6. The molecule has 3 aromatic rings. The zero-order chi connectivity index (χ0) is 18.1. The molecule has 4 rings (SSSR count). The van der Waals surface area contributed by atoms with Crippen LogP contribution in [0.5, 0.6) is 11.5 Å². The number of nitrogens with zero attached hydrogens (tertiary/aromatic N) is 3. The molecule has 26 heavy (non-hydrogen) atoms. The first-order valence-electron chi connectivity index (χ1n) is 8.64. The number of pyridine rings is 1. The van der Waals surface area contributed by atoms with Crippen molar-refractivity contribution in [3.63, 3.8) is 0 Å². The maximum absolute atomic E-state index is 12.3. The van der Waals surface area contributed by atoms with Gasteiger partial charge in [-0.1, -0.05) is 18.2 Å². The van der Waals surface area contributed by atoms with Crippen molar-refractivity contribution in [1.82, 2.24) is 14.3 Å². The molecule has 0 bridgehead atoms. The Balaban J connectivity index is 1.45. The van der Waals surface area contributed by atoms with Gasteiger partial charge in [-0.15, -0.1) is 0 Å². The molecular formula is C20H21N3O3. The molecule has 0 amide bonds. The van der Waals surface area contributed by atoms with Crippen LogP contribution in [0.4, 0.5) is 0 Å². The van der Waals surface area contributed by atoms with E-state index in [9.17, 15) is 4.79 Å². The van der Waals surface area contributed by atoms with Gasteiger partial charge in [-0.05, 0) is 37.7 Å². The predicted octanol–water partition coefficient (Wildman–Crippen LogP) is 2.27. The normalized spacial score (nSPS) is 16.2. The SMILES string of the molecule is Cc1ccc2nc(CN(C)CC3COc4ccccc4O3)cc(=O)n2c1. The number of ether oxygens (including phenoxy) is 2. The Labute approximate surface area is 151 Å². The third kappa shape index (κ3) is 3.41. The molecule has 1 aliphatic rings. The third-order valence-electron chi connectivity index (χ3n) is 4.38. The number of fused-ring (bicyclic) bond motifs is 2. The van der Waals surface area contributed by atoms with Crippen LogP contribution in [0.25, 0.3) is 5.65 Å². The molecule has 0 fully saturated rings. The van der Waals surface area contributed by atoms with E-state index in [1.807, 2.05) is 56.6 Å². The number of aryl methyl sites for hydroxylation is 1. The minimum Gasteiger partial charge on any atom is -0.486 e. The number of hydrogen-bond donors (Lipinski definition) is 0. The van der Waals surface area contributed by atoms with Crippen molar-refractivity contribution in [2.45, 2.75) is 19.6 Å². The van der Waals surface area contributed by atoms with Crippen molar-refractivity contribution in [2.75, 3.05) is 20.2 Å². The van der Waals surface area contributed by atoms with Gasteiger partial charge in [0, 0.05) is 25.4 Å². The molecule has 0 radical (unpaired) electrons. The van der Waals surface area contributed by atoms with Crippen LogP contribution in [0, 0.1) is 6.92 Å². The Morgan fingerprint density at radius 1 is 1.23 bits per heavy atom. The van der Waals surface area contributed by atoms with Gasteiger partial charge in [-0.25, -0.2) is 4.98 Å². The fourth-order valence-corrected chi connectivity index (χ4v) is 3.18. The highest BCUT2D eigenvalue weighted by Crippen LogP contribution is 2.30. The highest BCUT2D eigenvalue weighted by molar-refractivity contribution is 5.41. The average molecular weight is 351 g/mol. The monoisotopic (exact) mass is 351 g/mol. The Kier molecular flexibility index (Phi) is 4.34. The quantitative estimate of drug-likeness (QED) is 0.722. The Bertz CT molecular complexity index is 999. The average Bonchev–Trinajstić information content (AvgIpc) is 2.62. The summed E-state index contributed by atoms with van der Waals surface area (Å²) >= 11 is 0. The summed E-state index contributed by atoms with van der Waals surface area (Å²) in [5, 5.41) is 0. The molecular weight excluding hydrogens is 330 g/mol. The summed E-state index contributed by atoms with van der Waals surface area (Å²) in [5.74, 6) is 1.56. The van der Waals surface area contributed by atoms with Crippen LogP contribution in [-0.2, 0) is 6.54 Å². The Morgan fingerprint density at radius 3 is 2.88 bits per heavy atom. The van der Waals surface area contributed by atoms with Crippen LogP contribution >= 0.6 is 0 Å². The predicted molar refractivity (Wildman–Crippen MR) is 98.9 cm³/mol. The topological polar surface area (TPSA) is 56.1 Å². The molecule has 0 spiro atoms. The van der Waals surface area contributed by atoms with Gasteiger partial charge >= 0.3 is 0 Å². The molecule has 1 aliphatic heterocycles. The van der Waals surface area contributed by atoms with Gasteiger partial charge in [-0.3, -0.25) is 14.1 Å². The van der Waals surface area contributed by atoms with Crippen LogP contribution in [0.1, 0.15) is 11.3 Å². The number of hydrogen-bond acceptors (Lipinski definition) is 5. The number of likely N-dealkylation sites (N-methyl/N-ethyl adjacent to an activating group) is 1. The first-order chi connectivity index (χ1) is 12.6. The van der Waals surface area contributed by atoms with Crippen molar-refractivity contribution in [3.8, 4) is 11.5 Å². The highest BCUT2D eigenvalue weighted by Gasteiger charge is 2.22. The van der Waals surface area contributed by atoms with E-state index in [0.29, 0.717) is 25.3 Å². The lowest BCUT2D eigenvalue weighted by Gasteiger charge is -2.29. The molecule has 1 unspecified atom stereocenters. The lowest BCUT2D eigenvalue weighted by atomic mass is 10.2. The van der Waals surface area contributed by atoms with Crippen LogP contribution in [0.3, 0.4) is 0 Å². The van der Waals surface area contributed by atoms with Gasteiger partial charge in [0.15, 0.2) is 11.5 Å². The minimum absolute atomic E-state index is 0.0564. The van der Waals surface area contributed by atoms with Crippen molar-refractivity contribution >= 4 is 5.65 Å². The summed E-state index contributed by atoms with van der Waals surface area (Å²) in [6, 6.07) is 13.1. The van der Waals surface area contributed by atoms with Gasteiger partial charge in [0.05, 0.1) is 5.69 Å². The maximum atomic E-state index is 12.3. The summed E-state index contributed by atoms with van der Waals surface area (Å²) in [4.78, 5) is 19.0. The van der Waals surface area contributed by atoms with E-state index in [0.717, 1.165) is 22.8 Å². The van der Waals surface area contributed by atoms with E-state index in [1.54, 1.807) is 10.5 Å². The van der Waals surface area contributed by atoms with Crippen LogP contribution < -0.4 is 15.0 Å². The Morgan fingerprint density at radius 2 is 2.04 bits per heavy atom. The summed E-state index contributed by atoms with van der Waals surface area (Å²) < 4.78 is 13.3. The minimum atomic E-state index is -0.0618. The van der Waals surface area contributed by atoms with Gasteiger partial charge in [0.1, 0.15) is 18.4 Å². The van der Waals surface area contributed by atoms with Crippen molar-refractivity contribution in [1.29, 1.82) is 0 Å². The molecule has 0 saturated heterocycles. The summed E-state index contributed by atoms with van der Waals surface area (Å²) in [6.45, 7) is 3.72.